The van der Waals surface area contributed by atoms with Gasteiger partial charge in [0.15, 0.2) is 0 Å². The van der Waals surface area contributed by atoms with Crippen LogP contribution in [0.25, 0.3) is 0 Å². The fraction of sp³-hybridized carbons (Fsp3) is 0.429. The number of rotatable bonds is 4. The Kier molecular flexibility index (Phi) is 3.25. The predicted octanol–water partition coefficient (Wildman–Crippen LogP) is 1.18. The van der Waals surface area contributed by atoms with Crippen LogP contribution in [0.2, 0.25) is 0 Å². The summed E-state index contributed by atoms with van der Waals surface area (Å²) in [5.41, 5.74) is 0. The molecule has 0 aliphatic carbocycles. The second kappa shape index (κ2) is 4.48. The molecule has 0 spiro atoms. The summed E-state index contributed by atoms with van der Waals surface area (Å²) < 4.78 is 21.1. The number of alkyl halides is 1. The second-order valence-electron chi connectivity index (χ2n) is 1.86. The Labute approximate surface area is 69.4 Å². The van der Waals surface area contributed by atoms with Crippen LogP contribution in [0.3, 0.4) is 0 Å². The van der Waals surface area contributed by atoms with Gasteiger partial charge in [-0.2, -0.15) is 4.98 Å². The van der Waals surface area contributed by atoms with Gasteiger partial charge in [-0.25, -0.2) is 9.37 Å². The molecule has 1 aromatic heterocycles. The molecule has 0 bridgehead atoms. The molecule has 1 heterocycles. The van der Waals surface area contributed by atoms with Crippen molar-refractivity contribution in [2.75, 3.05) is 13.5 Å². The number of hydrogen-bond acceptors (Lipinski definition) is 4. The van der Waals surface area contributed by atoms with Gasteiger partial charge in [-0.1, -0.05) is 0 Å². The van der Waals surface area contributed by atoms with E-state index in [2.05, 4.69) is 14.7 Å². The first-order valence-corrected chi connectivity index (χ1v) is 3.51. The fourth-order valence-corrected chi connectivity index (χ4v) is 0.660. The van der Waals surface area contributed by atoms with Gasteiger partial charge in [0.2, 0.25) is 12.7 Å². The lowest BCUT2D eigenvalue weighted by atomic mass is 10.6. The van der Waals surface area contributed by atoms with Crippen LogP contribution in [0.15, 0.2) is 12.3 Å². The van der Waals surface area contributed by atoms with Gasteiger partial charge in [0.05, 0.1) is 6.61 Å². The molecule has 0 aromatic carbocycles. The highest BCUT2D eigenvalue weighted by atomic mass is 19.1. The summed E-state index contributed by atoms with van der Waals surface area (Å²) in [4.78, 5) is 7.53. The first-order valence-electron chi connectivity index (χ1n) is 3.51. The minimum Gasteiger partial charge on any atom is -0.464 e. The van der Waals surface area contributed by atoms with Crippen LogP contribution in [-0.2, 0) is 0 Å². The molecule has 0 atom stereocenters. The van der Waals surface area contributed by atoms with Crippen molar-refractivity contribution in [3.05, 3.63) is 12.3 Å². The van der Waals surface area contributed by atoms with E-state index >= 15 is 0 Å². The molecule has 0 amide bonds. The third-order valence-electron chi connectivity index (χ3n) is 1.08. The van der Waals surface area contributed by atoms with E-state index in [9.17, 15) is 4.39 Å². The lowest BCUT2D eigenvalue weighted by Gasteiger charge is -2.02. The minimum absolute atomic E-state index is 0.177. The first-order chi connectivity index (χ1) is 5.86. The molecule has 4 nitrogen and oxygen atoms in total. The maximum absolute atomic E-state index is 11.7. The Morgan fingerprint density at radius 3 is 3.00 bits per heavy atom. The van der Waals surface area contributed by atoms with Gasteiger partial charge in [0.25, 0.3) is 0 Å². The van der Waals surface area contributed by atoms with Crippen molar-refractivity contribution < 1.29 is 13.9 Å². The van der Waals surface area contributed by atoms with Crippen molar-refractivity contribution in [3.8, 4) is 11.9 Å². The molecule has 0 aliphatic rings. The second-order valence-corrected chi connectivity index (χ2v) is 1.86. The number of nitrogens with zero attached hydrogens (tertiary/aromatic N) is 2. The summed E-state index contributed by atoms with van der Waals surface area (Å²) in [6, 6.07) is 1.66. The summed E-state index contributed by atoms with van der Waals surface area (Å²) in [6.45, 7) is 1.38. The van der Waals surface area contributed by atoms with Crippen molar-refractivity contribution in [2.24, 2.45) is 0 Å². The Balaban J connectivity index is 2.67. The maximum Gasteiger partial charge on any atom is 0.319 e. The summed E-state index contributed by atoms with van der Waals surface area (Å²) in [5, 5.41) is 0. The van der Waals surface area contributed by atoms with Crippen LogP contribution >= 0.6 is 0 Å². The number of ether oxygens (including phenoxy) is 2. The molecule has 0 N–H and O–H groups in total. The van der Waals surface area contributed by atoms with Crippen molar-refractivity contribution in [1.82, 2.24) is 9.97 Å². The van der Waals surface area contributed by atoms with Crippen molar-refractivity contribution >= 4 is 0 Å². The van der Waals surface area contributed by atoms with Gasteiger partial charge in [-0.05, 0) is 6.92 Å². The molecule has 5 heteroatoms. The van der Waals surface area contributed by atoms with Crippen molar-refractivity contribution in [3.63, 3.8) is 0 Å². The third kappa shape index (κ3) is 2.34. The van der Waals surface area contributed by atoms with Crippen LogP contribution in [0.1, 0.15) is 6.92 Å². The van der Waals surface area contributed by atoms with E-state index in [1.54, 1.807) is 0 Å². The first kappa shape index (κ1) is 8.70. The minimum atomic E-state index is -0.900. The molecule has 1 aromatic rings. The van der Waals surface area contributed by atoms with Crippen molar-refractivity contribution in [2.45, 2.75) is 6.92 Å². The Bertz CT molecular complexity index is 223. The topological polar surface area (TPSA) is 44.2 Å². The molecule has 1 rings (SSSR count). The fourth-order valence-electron chi connectivity index (χ4n) is 0.660. The summed E-state index contributed by atoms with van der Waals surface area (Å²) in [7, 11) is 0. The highest BCUT2D eigenvalue weighted by Gasteiger charge is 1.98. The molecule has 66 valence electrons. The monoisotopic (exact) mass is 172 g/mol. The molecule has 12 heavy (non-hydrogen) atoms. The smallest absolute Gasteiger partial charge is 0.319 e. The van der Waals surface area contributed by atoms with Crippen LogP contribution in [0.5, 0.6) is 11.9 Å². The normalized spacial score (nSPS) is 9.50. The maximum atomic E-state index is 11.7. The van der Waals surface area contributed by atoms with Gasteiger partial charge in [0, 0.05) is 12.3 Å². The van der Waals surface area contributed by atoms with Crippen LogP contribution in [0, 0.1) is 0 Å². The summed E-state index contributed by atoms with van der Waals surface area (Å²) in [5.74, 6) is 0.177. The van der Waals surface area contributed by atoms with Gasteiger partial charge < -0.3 is 9.47 Å². The zero-order valence-electron chi connectivity index (χ0n) is 6.66. The highest BCUT2D eigenvalue weighted by molar-refractivity contribution is 5.10. The Hall–Kier alpha value is -1.39. The lowest BCUT2D eigenvalue weighted by Crippen LogP contribution is -1.99. The molecule has 0 radical (unpaired) electrons. The van der Waals surface area contributed by atoms with Gasteiger partial charge in [-0.15, -0.1) is 0 Å². The number of aromatic nitrogens is 2. The Morgan fingerprint density at radius 1 is 1.50 bits per heavy atom. The number of halogens is 1. The summed E-state index contributed by atoms with van der Waals surface area (Å²) in [6.07, 6.45) is 1.45. The van der Waals surface area contributed by atoms with Crippen molar-refractivity contribution in [1.29, 1.82) is 0 Å². The molecule has 0 unspecified atom stereocenters. The van der Waals surface area contributed by atoms with Crippen LogP contribution in [-0.4, -0.2) is 23.4 Å². The van der Waals surface area contributed by atoms with E-state index in [4.69, 9.17) is 4.74 Å². The average molecular weight is 172 g/mol. The van der Waals surface area contributed by atoms with E-state index in [1.807, 2.05) is 6.92 Å². The molecular formula is C7H9FN2O2. The predicted molar refractivity (Wildman–Crippen MR) is 39.8 cm³/mol. The SMILES string of the molecule is CCOc1nccc(OCF)n1. The molecule has 0 fully saturated rings. The average Bonchev–Trinajstić information content (AvgIpc) is 2.06. The third-order valence-corrected chi connectivity index (χ3v) is 1.08. The zero-order valence-corrected chi connectivity index (χ0v) is 6.66. The van der Waals surface area contributed by atoms with Gasteiger partial charge >= 0.3 is 6.01 Å². The standard InChI is InChI=1S/C7H9FN2O2/c1-2-11-7-9-4-3-6(10-7)12-5-8/h3-4H,2,5H2,1H3. The molecule has 0 saturated heterocycles. The largest absolute Gasteiger partial charge is 0.464 e. The van der Waals surface area contributed by atoms with Crippen LogP contribution < -0.4 is 9.47 Å². The molecule has 0 aliphatic heterocycles. The van der Waals surface area contributed by atoms with Crippen LogP contribution in [0.4, 0.5) is 4.39 Å². The van der Waals surface area contributed by atoms with Gasteiger partial charge in [-0.3, -0.25) is 0 Å². The van der Waals surface area contributed by atoms with E-state index in [-0.39, 0.29) is 11.9 Å². The zero-order chi connectivity index (χ0) is 8.81. The Morgan fingerprint density at radius 2 is 2.33 bits per heavy atom. The number of hydrogen-bond donors (Lipinski definition) is 0. The van der Waals surface area contributed by atoms with E-state index < -0.39 is 6.86 Å². The lowest BCUT2D eigenvalue weighted by molar-refractivity contribution is 0.181. The summed E-state index contributed by atoms with van der Waals surface area (Å²) >= 11 is 0. The van der Waals surface area contributed by atoms with Gasteiger partial charge in [0.1, 0.15) is 0 Å². The molecule has 0 saturated carbocycles. The molecular weight excluding hydrogens is 163 g/mol. The van der Waals surface area contributed by atoms with E-state index in [0.717, 1.165) is 0 Å². The van der Waals surface area contributed by atoms with E-state index in [0.29, 0.717) is 6.61 Å². The quantitative estimate of drug-likeness (QED) is 0.684. The van der Waals surface area contributed by atoms with E-state index in [1.165, 1.54) is 12.3 Å². The highest BCUT2D eigenvalue weighted by Crippen LogP contribution is 2.09.